The van der Waals surface area contributed by atoms with E-state index in [1.807, 2.05) is 0 Å². The molecule has 0 aliphatic rings. The van der Waals surface area contributed by atoms with Crippen molar-refractivity contribution in [2.24, 2.45) is 5.92 Å². The van der Waals surface area contributed by atoms with Crippen LogP contribution in [0.1, 0.15) is 6.92 Å². The Balaban J connectivity index is 2.75. The van der Waals surface area contributed by atoms with Gasteiger partial charge in [0.2, 0.25) is 5.91 Å². The summed E-state index contributed by atoms with van der Waals surface area (Å²) in [6.07, 6.45) is 0. The Morgan fingerprint density at radius 3 is 2.80 bits per heavy atom. The van der Waals surface area contributed by atoms with E-state index >= 15 is 0 Å². The van der Waals surface area contributed by atoms with Crippen molar-refractivity contribution >= 4 is 11.6 Å². The molecule has 20 heavy (non-hydrogen) atoms. The van der Waals surface area contributed by atoms with Crippen molar-refractivity contribution in [2.75, 3.05) is 39.2 Å². The van der Waals surface area contributed by atoms with Crippen LogP contribution in [-0.2, 0) is 9.53 Å². The molecular weight excluding hydrogens is 263 g/mol. The van der Waals surface area contributed by atoms with E-state index in [1.165, 1.54) is 18.2 Å². The zero-order valence-corrected chi connectivity index (χ0v) is 12.0. The monoisotopic (exact) mass is 284 g/mol. The summed E-state index contributed by atoms with van der Waals surface area (Å²) in [5.74, 6) is -0.425. The molecule has 0 aliphatic carbocycles. The van der Waals surface area contributed by atoms with Crippen LogP contribution in [0, 0.1) is 11.7 Å². The van der Waals surface area contributed by atoms with E-state index in [-0.39, 0.29) is 11.8 Å². The Morgan fingerprint density at radius 1 is 1.40 bits per heavy atom. The van der Waals surface area contributed by atoms with Crippen LogP contribution in [0.3, 0.4) is 0 Å². The summed E-state index contributed by atoms with van der Waals surface area (Å²) in [5.41, 5.74) is 0.328. The Hall–Kier alpha value is -1.66. The predicted molar refractivity (Wildman–Crippen MR) is 75.5 cm³/mol. The molecule has 0 aromatic heterocycles. The fourth-order valence-corrected chi connectivity index (χ4v) is 1.62. The largest absolute Gasteiger partial charge is 0.489 e. The Labute approximate surface area is 118 Å². The third-order valence-electron chi connectivity index (χ3n) is 2.70. The number of methoxy groups -OCH3 is 1. The highest BCUT2D eigenvalue weighted by molar-refractivity contribution is 5.93. The van der Waals surface area contributed by atoms with Gasteiger partial charge >= 0.3 is 0 Å². The number of rotatable bonds is 8. The molecular formula is C14H21FN2O3. The first-order valence-corrected chi connectivity index (χ1v) is 6.45. The lowest BCUT2D eigenvalue weighted by molar-refractivity contribution is -0.119. The second kappa shape index (κ2) is 8.50. The lowest BCUT2D eigenvalue weighted by Crippen LogP contribution is -2.28. The minimum Gasteiger partial charge on any atom is -0.489 e. The molecule has 1 unspecified atom stereocenters. The molecule has 0 bridgehead atoms. The molecule has 1 atom stereocenters. The summed E-state index contributed by atoms with van der Waals surface area (Å²) in [6.45, 7) is 3.08. The van der Waals surface area contributed by atoms with E-state index in [0.29, 0.717) is 31.2 Å². The molecule has 1 amide bonds. The van der Waals surface area contributed by atoms with Crippen LogP contribution >= 0.6 is 0 Å². The summed E-state index contributed by atoms with van der Waals surface area (Å²) in [6, 6.07) is 4.02. The van der Waals surface area contributed by atoms with Crippen molar-refractivity contribution in [3.63, 3.8) is 0 Å². The number of carbonyl (C=O) groups is 1. The van der Waals surface area contributed by atoms with E-state index in [4.69, 9.17) is 9.47 Å². The smallest absolute Gasteiger partial charge is 0.228 e. The molecule has 0 heterocycles. The van der Waals surface area contributed by atoms with Crippen LogP contribution in [0.2, 0.25) is 0 Å². The van der Waals surface area contributed by atoms with Crippen LogP contribution in [0.4, 0.5) is 10.1 Å². The van der Waals surface area contributed by atoms with Gasteiger partial charge in [-0.1, -0.05) is 6.92 Å². The first-order chi connectivity index (χ1) is 9.58. The van der Waals surface area contributed by atoms with E-state index in [1.54, 1.807) is 21.1 Å². The van der Waals surface area contributed by atoms with Crippen molar-refractivity contribution < 1.29 is 18.7 Å². The van der Waals surface area contributed by atoms with Gasteiger partial charge in [-0.05, 0) is 19.2 Å². The summed E-state index contributed by atoms with van der Waals surface area (Å²) < 4.78 is 23.6. The lowest BCUT2D eigenvalue weighted by atomic mass is 10.1. The zero-order valence-electron chi connectivity index (χ0n) is 12.0. The van der Waals surface area contributed by atoms with Gasteiger partial charge in [-0.25, -0.2) is 4.39 Å². The number of ether oxygens (including phenoxy) is 2. The second-order valence-electron chi connectivity index (χ2n) is 4.43. The van der Waals surface area contributed by atoms with Crippen LogP contribution in [0.25, 0.3) is 0 Å². The highest BCUT2D eigenvalue weighted by Crippen LogP contribution is 2.25. The SMILES string of the molecule is CNCC(C)C(=O)Nc1cc(F)ccc1OCCOC. The number of benzene rings is 1. The minimum atomic E-state index is -0.430. The summed E-state index contributed by atoms with van der Waals surface area (Å²) in [5, 5.41) is 5.60. The Morgan fingerprint density at radius 2 is 2.15 bits per heavy atom. The summed E-state index contributed by atoms with van der Waals surface area (Å²) >= 11 is 0. The van der Waals surface area contributed by atoms with Crippen LogP contribution in [0.15, 0.2) is 18.2 Å². The van der Waals surface area contributed by atoms with Gasteiger partial charge in [-0.2, -0.15) is 0 Å². The number of halogens is 1. The van der Waals surface area contributed by atoms with Crippen molar-refractivity contribution in [3.05, 3.63) is 24.0 Å². The maximum Gasteiger partial charge on any atom is 0.228 e. The number of carbonyl (C=O) groups excluding carboxylic acids is 1. The Kier molecular flexibility index (Phi) is 6.97. The number of amides is 1. The standard InChI is InChI=1S/C14H21FN2O3/c1-10(9-16-2)14(18)17-12-8-11(15)4-5-13(12)20-7-6-19-3/h4-5,8,10,16H,6-7,9H2,1-3H3,(H,17,18). The molecule has 0 spiro atoms. The fourth-order valence-electron chi connectivity index (χ4n) is 1.62. The van der Waals surface area contributed by atoms with Gasteiger partial charge in [0.15, 0.2) is 0 Å². The van der Waals surface area contributed by atoms with Gasteiger partial charge in [-0.15, -0.1) is 0 Å². The van der Waals surface area contributed by atoms with Crippen LogP contribution in [-0.4, -0.2) is 39.8 Å². The van der Waals surface area contributed by atoms with Crippen molar-refractivity contribution in [3.8, 4) is 5.75 Å². The molecule has 0 saturated heterocycles. The first-order valence-electron chi connectivity index (χ1n) is 6.45. The number of hydrogen-bond donors (Lipinski definition) is 2. The molecule has 0 radical (unpaired) electrons. The van der Waals surface area contributed by atoms with E-state index in [9.17, 15) is 9.18 Å². The third-order valence-corrected chi connectivity index (χ3v) is 2.70. The van der Waals surface area contributed by atoms with E-state index in [2.05, 4.69) is 10.6 Å². The lowest BCUT2D eigenvalue weighted by Gasteiger charge is -2.15. The topological polar surface area (TPSA) is 59.6 Å². The van der Waals surface area contributed by atoms with Crippen molar-refractivity contribution in [1.82, 2.24) is 5.32 Å². The quantitative estimate of drug-likeness (QED) is 0.713. The maximum atomic E-state index is 13.3. The zero-order chi connectivity index (χ0) is 15.0. The average molecular weight is 284 g/mol. The molecule has 1 aromatic carbocycles. The third kappa shape index (κ3) is 5.14. The van der Waals surface area contributed by atoms with Gasteiger partial charge in [0.05, 0.1) is 12.3 Å². The first kappa shape index (κ1) is 16.4. The number of nitrogens with one attached hydrogen (secondary N) is 2. The molecule has 1 rings (SSSR count). The highest BCUT2D eigenvalue weighted by Gasteiger charge is 2.15. The van der Waals surface area contributed by atoms with Gasteiger partial charge in [0, 0.05) is 25.6 Å². The molecule has 5 nitrogen and oxygen atoms in total. The fraction of sp³-hybridized carbons (Fsp3) is 0.500. The molecule has 2 N–H and O–H groups in total. The maximum absolute atomic E-state index is 13.3. The van der Waals surface area contributed by atoms with Gasteiger partial charge in [0.1, 0.15) is 18.2 Å². The number of anilines is 1. The second-order valence-corrected chi connectivity index (χ2v) is 4.43. The van der Waals surface area contributed by atoms with Gasteiger partial charge < -0.3 is 20.1 Å². The normalized spacial score (nSPS) is 12.0. The molecule has 1 aromatic rings. The molecule has 0 fully saturated rings. The summed E-state index contributed by atoms with van der Waals surface area (Å²) in [7, 11) is 3.33. The Bertz CT molecular complexity index is 440. The van der Waals surface area contributed by atoms with Crippen molar-refractivity contribution in [1.29, 1.82) is 0 Å². The minimum absolute atomic E-state index is 0.193. The highest BCUT2D eigenvalue weighted by atomic mass is 19.1. The molecule has 0 saturated carbocycles. The molecule has 112 valence electrons. The average Bonchev–Trinajstić information content (AvgIpc) is 2.41. The van der Waals surface area contributed by atoms with E-state index < -0.39 is 5.82 Å². The van der Waals surface area contributed by atoms with Gasteiger partial charge in [-0.3, -0.25) is 4.79 Å². The van der Waals surface area contributed by atoms with Crippen LogP contribution < -0.4 is 15.4 Å². The van der Waals surface area contributed by atoms with E-state index in [0.717, 1.165) is 0 Å². The van der Waals surface area contributed by atoms with Crippen LogP contribution in [0.5, 0.6) is 5.75 Å². The van der Waals surface area contributed by atoms with Crippen molar-refractivity contribution in [2.45, 2.75) is 6.92 Å². The number of hydrogen-bond acceptors (Lipinski definition) is 4. The molecule has 0 aliphatic heterocycles. The molecule has 6 heteroatoms. The predicted octanol–water partition coefficient (Wildman–Crippen LogP) is 1.64. The summed E-state index contributed by atoms with van der Waals surface area (Å²) in [4.78, 5) is 11.9. The van der Waals surface area contributed by atoms with Gasteiger partial charge in [0.25, 0.3) is 0 Å².